The first-order chi connectivity index (χ1) is 9.40. The molecule has 1 saturated heterocycles. The van der Waals surface area contributed by atoms with E-state index in [0.29, 0.717) is 24.7 Å². The molecule has 0 spiro atoms. The molecule has 1 aromatic carbocycles. The van der Waals surface area contributed by atoms with Crippen LogP contribution in [0.5, 0.6) is 0 Å². The third-order valence-electron chi connectivity index (χ3n) is 4.02. The van der Waals surface area contributed by atoms with Gasteiger partial charge in [0, 0.05) is 25.3 Å². The van der Waals surface area contributed by atoms with Crippen molar-refractivity contribution in [1.82, 2.24) is 9.03 Å². The smallest absolute Gasteiger partial charge is 0.279 e. The summed E-state index contributed by atoms with van der Waals surface area (Å²) in [6.07, 6.45) is 1.86. The largest absolute Gasteiger partial charge is 0.399 e. The van der Waals surface area contributed by atoms with Crippen LogP contribution in [-0.2, 0) is 16.8 Å². The van der Waals surface area contributed by atoms with Crippen molar-refractivity contribution in [2.45, 2.75) is 33.2 Å². The first-order valence-corrected chi connectivity index (χ1v) is 8.43. The van der Waals surface area contributed by atoms with Crippen LogP contribution in [0.25, 0.3) is 0 Å². The predicted molar refractivity (Wildman–Crippen MR) is 81.3 cm³/mol. The zero-order valence-corrected chi connectivity index (χ0v) is 12.9. The number of nitrogens with two attached hydrogens (primary N) is 1. The minimum atomic E-state index is -3.39. The van der Waals surface area contributed by atoms with Gasteiger partial charge in [-0.15, -0.1) is 0 Å². The monoisotopic (exact) mass is 297 g/mol. The van der Waals surface area contributed by atoms with Crippen LogP contribution in [0.2, 0.25) is 0 Å². The summed E-state index contributed by atoms with van der Waals surface area (Å²) >= 11 is 0. The maximum absolute atomic E-state index is 12.2. The van der Waals surface area contributed by atoms with E-state index in [0.717, 1.165) is 24.0 Å². The lowest BCUT2D eigenvalue weighted by Gasteiger charge is -2.29. The molecule has 0 aromatic heterocycles. The predicted octanol–water partition coefficient (Wildman–Crippen LogP) is 1.64. The molecule has 6 heteroatoms. The summed E-state index contributed by atoms with van der Waals surface area (Å²) in [5, 5.41) is 0. The van der Waals surface area contributed by atoms with Gasteiger partial charge in [0.25, 0.3) is 10.2 Å². The molecule has 0 radical (unpaired) electrons. The number of hydrogen-bond donors (Lipinski definition) is 2. The fraction of sp³-hybridized carbons (Fsp3) is 0.571. The van der Waals surface area contributed by atoms with E-state index in [4.69, 9.17) is 5.73 Å². The van der Waals surface area contributed by atoms with Crippen molar-refractivity contribution >= 4 is 15.9 Å². The standard InChI is InChI=1S/C14H23N3O2S/c1-11-6-8-17(9-7-11)20(18,19)16-10-13-4-3-5-14(15)12(13)2/h3-5,11,16H,6-10,15H2,1-2H3. The van der Waals surface area contributed by atoms with E-state index < -0.39 is 10.2 Å². The molecule has 0 amide bonds. The van der Waals surface area contributed by atoms with Gasteiger partial charge in [0.1, 0.15) is 0 Å². The zero-order valence-electron chi connectivity index (χ0n) is 12.1. The molecule has 20 heavy (non-hydrogen) atoms. The van der Waals surface area contributed by atoms with Crippen LogP contribution in [0, 0.1) is 12.8 Å². The van der Waals surface area contributed by atoms with Crippen molar-refractivity contribution in [1.29, 1.82) is 0 Å². The molecule has 0 saturated carbocycles. The van der Waals surface area contributed by atoms with Gasteiger partial charge in [-0.25, -0.2) is 0 Å². The van der Waals surface area contributed by atoms with E-state index in [-0.39, 0.29) is 6.54 Å². The van der Waals surface area contributed by atoms with Crippen molar-refractivity contribution in [2.75, 3.05) is 18.8 Å². The molecule has 1 aliphatic rings. The highest BCUT2D eigenvalue weighted by molar-refractivity contribution is 7.87. The SMILES string of the molecule is Cc1c(N)cccc1CNS(=O)(=O)N1CCC(C)CC1. The van der Waals surface area contributed by atoms with E-state index in [2.05, 4.69) is 11.6 Å². The van der Waals surface area contributed by atoms with E-state index in [1.807, 2.05) is 25.1 Å². The van der Waals surface area contributed by atoms with E-state index in [1.165, 1.54) is 4.31 Å². The molecule has 1 heterocycles. The summed E-state index contributed by atoms with van der Waals surface area (Å²) in [5.41, 5.74) is 8.37. The maximum atomic E-state index is 12.2. The number of nitrogens with zero attached hydrogens (tertiary/aromatic N) is 1. The van der Waals surface area contributed by atoms with Gasteiger partial charge < -0.3 is 5.73 Å². The topological polar surface area (TPSA) is 75.4 Å². The van der Waals surface area contributed by atoms with Crippen LogP contribution in [0.4, 0.5) is 5.69 Å². The third kappa shape index (κ3) is 3.50. The summed E-state index contributed by atoms with van der Waals surface area (Å²) in [6, 6.07) is 5.56. The van der Waals surface area contributed by atoms with Gasteiger partial charge in [-0.1, -0.05) is 19.1 Å². The highest BCUT2D eigenvalue weighted by Crippen LogP contribution is 2.19. The number of nitrogen functional groups attached to an aromatic ring is 1. The second-order valence-electron chi connectivity index (χ2n) is 5.54. The van der Waals surface area contributed by atoms with Gasteiger partial charge in [0.05, 0.1) is 0 Å². The Balaban J connectivity index is 2.00. The van der Waals surface area contributed by atoms with Gasteiger partial charge in [0.2, 0.25) is 0 Å². The maximum Gasteiger partial charge on any atom is 0.279 e. The quantitative estimate of drug-likeness (QED) is 0.830. The van der Waals surface area contributed by atoms with Crippen molar-refractivity contribution in [3.8, 4) is 0 Å². The molecule has 0 atom stereocenters. The molecule has 0 bridgehead atoms. The average Bonchev–Trinajstić information content (AvgIpc) is 2.41. The third-order valence-corrected chi connectivity index (χ3v) is 5.57. The number of rotatable bonds is 4. The molecular formula is C14H23N3O2S. The molecule has 2 rings (SSSR count). The first kappa shape index (κ1) is 15.3. The van der Waals surface area contributed by atoms with Crippen LogP contribution in [0.1, 0.15) is 30.9 Å². The number of anilines is 1. The average molecular weight is 297 g/mol. The van der Waals surface area contributed by atoms with E-state index in [9.17, 15) is 8.42 Å². The van der Waals surface area contributed by atoms with Crippen molar-refractivity contribution in [2.24, 2.45) is 5.92 Å². The Labute approximate surface area is 121 Å². The fourth-order valence-corrected chi connectivity index (χ4v) is 3.59. The Morgan fingerprint density at radius 1 is 1.35 bits per heavy atom. The molecule has 1 aromatic rings. The summed E-state index contributed by atoms with van der Waals surface area (Å²) in [6.45, 7) is 5.55. The number of piperidine rings is 1. The van der Waals surface area contributed by atoms with Gasteiger partial charge in [-0.2, -0.15) is 17.4 Å². The van der Waals surface area contributed by atoms with E-state index in [1.54, 1.807) is 0 Å². The number of benzene rings is 1. The van der Waals surface area contributed by atoms with Gasteiger partial charge in [0.15, 0.2) is 0 Å². The van der Waals surface area contributed by atoms with Crippen molar-refractivity contribution in [3.05, 3.63) is 29.3 Å². The summed E-state index contributed by atoms with van der Waals surface area (Å²) in [7, 11) is -3.39. The molecule has 0 aliphatic carbocycles. The van der Waals surface area contributed by atoms with Crippen LogP contribution in [-0.4, -0.2) is 25.8 Å². The summed E-state index contributed by atoms with van der Waals surface area (Å²) < 4.78 is 28.7. The number of nitrogens with one attached hydrogen (secondary N) is 1. The molecule has 112 valence electrons. The van der Waals surface area contributed by atoms with Crippen LogP contribution >= 0.6 is 0 Å². The highest BCUT2D eigenvalue weighted by atomic mass is 32.2. The summed E-state index contributed by atoms with van der Waals surface area (Å²) in [5.74, 6) is 0.609. The Hall–Kier alpha value is -1.11. The number of hydrogen-bond acceptors (Lipinski definition) is 3. The van der Waals surface area contributed by atoms with Gasteiger partial charge >= 0.3 is 0 Å². The van der Waals surface area contributed by atoms with Crippen LogP contribution < -0.4 is 10.5 Å². The normalized spacial score (nSPS) is 18.3. The molecule has 3 N–H and O–H groups in total. The fourth-order valence-electron chi connectivity index (χ4n) is 2.38. The molecule has 0 unspecified atom stereocenters. The minimum Gasteiger partial charge on any atom is -0.399 e. The Kier molecular flexibility index (Phi) is 4.67. The second-order valence-corrected chi connectivity index (χ2v) is 7.29. The first-order valence-electron chi connectivity index (χ1n) is 6.99. The van der Waals surface area contributed by atoms with Gasteiger partial charge in [-0.3, -0.25) is 0 Å². The zero-order chi connectivity index (χ0) is 14.8. The minimum absolute atomic E-state index is 0.283. The van der Waals surface area contributed by atoms with Crippen LogP contribution in [0.15, 0.2) is 18.2 Å². The lowest BCUT2D eigenvalue weighted by Crippen LogP contribution is -2.44. The Morgan fingerprint density at radius 2 is 2.00 bits per heavy atom. The Morgan fingerprint density at radius 3 is 2.65 bits per heavy atom. The molecular weight excluding hydrogens is 274 g/mol. The van der Waals surface area contributed by atoms with Crippen molar-refractivity contribution < 1.29 is 8.42 Å². The van der Waals surface area contributed by atoms with Crippen molar-refractivity contribution in [3.63, 3.8) is 0 Å². The van der Waals surface area contributed by atoms with Crippen LogP contribution in [0.3, 0.4) is 0 Å². The van der Waals surface area contributed by atoms with Gasteiger partial charge in [-0.05, 0) is 42.9 Å². The molecule has 1 aliphatic heterocycles. The molecule has 1 fully saturated rings. The Bertz CT molecular complexity index is 564. The summed E-state index contributed by atoms with van der Waals surface area (Å²) in [4.78, 5) is 0. The molecule has 5 nitrogen and oxygen atoms in total. The van der Waals surface area contributed by atoms with E-state index >= 15 is 0 Å². The highest BCUT2D eigenvalue weighted by Gasteiger charge is 2.26. The lowest BCUT2D eigenvalue weighted by atomic mass is 10.0. The second kappa shape index (κ2) is 6.11. The lowest BCUT2D eigenvalue weighted by molar-refractivity contribution is 0.285.